The molecule has 5 nitrogen and oxygen atoms in total. The molecule has 0 aromatic carbocycles. The van der Waals surface area contributed by atoms with Crippen LogP contribution < -0.4 is 0 Å². The van der Waals surface area contributed by atoms with Gasteiger partial charge in [0.2, 0.25) is 0 Å². The van der Waals surface area contributed by atoms with Gasteiger partial charge < -0.3 is 20.1 Å². The maximum absolute atomic E-state index is 11.7. The summed E-state index contributed by atoms with van der Waals surface area (Å²) in [5.41, 5.74) is 0. The molecule has 1 heterocycles. The van der Waals surface area contributed by atoms with Gasteiger partial charge in [0.1, 0.15) is 18.3 Å². The number of rotatable bonds is 6. The summed E-state index contributed by atoms with van der Waals surface area (Å²) in [5, 5.41) is 29.5. The fraction of sp³-hybridized carbons (Fsp3) is 0.812. The Balaban J connectivity index is 2.56. The minimum atomic E-state index is -1.15. The SMILES string of the molecule is CCCCCCC[C@H]1OC(=O)CC[C@H](O)C=C[C@H](O)[C@@H]1O. The minimum Gasteiger partial charge on any atom is -0.459 e. The van der Waals surface area contributed by atoms with Crippen molar-refractivity contribution in [1.82, 2.24) is 0 Å². The van der Waals surface area contributed by atoms with E-state index in [9.17, 15) is 20.1 Å². The monoisotopic (exact) mass is 300 g/mol. The van der Waals surface area contributed by atoms with Crippen molar-refractivity contribution in [2.45, 2.75) is 82.7 Å². The number of carbonyl (C=O) groups is 1. The number of unbranched alkanes of at least 4 members (excludes halogenated alkanes) is 4. The van der Waals surface area contributed by atoms with Crippen molar-refractivity contribution in [2.24, 2.45) is 0 Å². The van der Waals surface area contributed by atoms with Gasteiger partial charge in [-0.25, -0.2) is 0 Å². The molecule has 0 aliphatic carbocycles. The summed E-state index contributed by atoms with van der Waals surface area (Å²) < 4.78 is 5.27. The molecule has 0 aromatic rings. The molecule has 3 N–H and O–H groups in total. The average molecular weight is 300 g/mol. The first kappa shape index (κ1) is 18.1. The van der Waals surface area contributed by atoms with Crippen molar-refractivity contribution in [3.63, 3.8) is 0 Å². The number of hydrogen-bond acceptors (Lipinski definition) is 5. The normalized spacial score (nSPS) is 31.0. The van der Waals surface area contributed by atoms with Crippen LogP contribution in [0.4, 0.5) is 0 Å². The molecule has 0 unspecified atom stereocenters. The van der Waals surface area contributed by atoms with Crippen molar-refractivity contribution in [1.29, 1.82) is 0 Å². The Morgan fingerprint density at radius 3 is 2.57 bits per heavy atom. The number of esters is 1. The van der Waals surface area contributed by atoms with E-state index in [-0.39, 0.29) is 12.8 Å². The lowest BCUT2D eigenvalue weighted by Gasteiger charge is -2.26. The van der Waals surface area contributed by atoms with Gasteiger partial charge in [-0.3, -0.25) is 4.79 Å². The molecule has 0 spiro atoms. The smallest absolute Gasteiger partial charge is 0.306 e. The topological polar surface area (TPSA) is 87.0 Å². The third-order valence-electron chi connectivity index (χ3n) is 3.78. The molecule has 0 radical (unpaired) electrons. The summed E-state index contributed by atoms with van der Waals surface area (Å²) in [6, 6.07) is 0. The lowest BCUT2D eigenvalue weighted by Crippen LogP contribution is -2.40. The molecule has 0 fully saturated rings. The number of hydrogen-bond donors (Lipinski definition) is 3. The van der Waals surface area contributed by atoms with Crippen LogP contribution in [0.15, 0.2) is 12.2 Å². The summed E-state index contributed by atoms with van der Waals surface area (Å²) in [6.07, 6.45) is 5.29. The highest BCUT2D eigenvalue weighted by atomic mass is 16.6. The fourth-order valence-electron chi connectivity index (χ4n) is 2.41. The van der Waals surface area contributed by atoms with Crippen LogP contribution in [0.25, 0.3) is 0 Å². The van der Waals surface area contributed by atoms with Crippen molar-refractivity contribution in [3.8, 4) is 0 Å². The summed E-state index contributed by atoms with van der Waals surface area (Å²) in [6.45, 7) is 2.14. The molecule has 0 bridgehead atoms. The lowest BCUT2D eigenvalue weighted by molar-refractivity contribution is -0.160. The number of cyclic esters (lactones) is 1. The molecule has 5 heteroatoms. The van der Waals surface area contributed by atoms with Crippen molar-refractivity contribution >= 4 is 5.97 Å². The molecule has 1 aliphatic rings. The van der Waals surface area contributed by atoms with Crippen LogP contribution in [0.3, 0.4) is 0 Å². The third-order valence-corrected chi connectivity index (χ3v) is 3.78. The van der Waals surface area contributed by atoms with Gasteiger partial charge in [-0.1, -0.05) is 44.8 Å². The summed E-state index contributed by atoms with van der Waals surface area (Å²) in [7, 11) is 0. The van der Waals surface area contributed by atoms with E-state index in [0.717, 1.165) is 25.7 Å². The summed E-state index contributed by atoms with van der Waals surface area (Å²) >= 11 is 0. The number of aliphatic hydroxyl groups is 3. The van der Waals surface area contributed by atoms with E-state index in [0.29, 0.717) is 6.42 Å². The standard InChI is InChI=1S/C16H28O5/c1-2-3-4-5-6-7-14-16(20)13(18)10-8-12(17)9-11-15(19)21-14/h8,10,12-14,16-18,20H,2-7,9,11H2,1H3/t12-,13+,14-,16+/m1/s1. The van der Waals surface area contributed by atoms with E-state index in [1.165, 1.54) is 18.6 Å². The highest BCUT2D eigenvalue weighted by Gasteiger charge is 2.29. The molecule has 0 amide bonds. The largest absolute Gasteiger partial charge is 0.459 e. The first-order valence-corrected chi connectivity index (χ1v) is 7.96. The molecule has 0 saturated heterocycles. The fourth-order valence-corrected chi connectivity index (χ4v) is 2.41. The van der Waals surface area contributed by atoms with Crippen molar-refractivity contribution < 1.29 is 24.9 Å². The zero-order valence-corrected chi connectivity index (χ0v) is 12.8. The van der Waals surface area contributed by atoms with Gasteiger partial charge in [-0.05, 0) is 19.3 Å². The second-order valence-electron chi connectivity index (χ2n) is 5.70. The van der Waals surface area contributed by atoms with Gasteiger partial charge in [-0.15, -0.1) is 0 Å². The van der Waals surface area contributed by atoms with Gasteiger partial charge in [0.15, 0.2) is 0 Å². The van der Waals surface area contributed by atoms with Gasteiger partial charge in [-0.2, -0.15) is 0 Å². The Kier molecular flexibility index (Phi) is 8.57. The Morgan fingerprint density at radius 1 is 1.14 bits per heavy atom. The van der Waals surface area contributed by atoms with Crippen molar-refractivity contribution in [3.05, 3.63) is 12.2 Å². The van der Waals surface area contributed by atoms with Crippen molar-refractivity contribution in [2.75, 3.05) is 0 Å². The predicted molar refractivity (Wildman–Crippen MR) is 79.7 cm³/mol. The Bertz CT molecular complexity index is 329. The van der Waals surface area contributed by atoms with E-state index in [4.69, 9.17) is 4.74 Å². The molecular formula is C16H28O5. The Morgan fingerprint density at radius 2 is 1.86 bits per heavy atom. The zero-order valence-electron chi connectivity index (χ0n) is 12.8. The van der Waals surface area contributed by atoms with Crippen LogP contribution in [0.5, 0.6) is 0 Å². The minimum absolute atomic E-state index is 0.112. The van der Waals surface area contributed by atoms with Crippen LogP contribution in [0.1, 0.15) is 58.3 Å². The molecule has 4 atom stereocenters. The van der Waals surface area contributed by atoms with Gasteiger partial charge in [0, 0.05) is 6.42 Å². The average Bonchev–Trinajstić information content (AvgIpc) is 2.47. The van der Waals surface area contributed by atoms with Gasteiger partial charge >= 0.3 is 5.97 Å². The maximum Gasteiger partial charge on any atom is 0.306 e. The third kappa shape index (κ3) is 7.07. The summed E-state index contributed by atoms with van der Waals surface area (Å²) in [5.74, 6) is -0.436. The van der Waals surface area contributed by atoms with Crippen LogP contribution in [0, 0.1) is 0 Å². The maximum atomic E-state index is 11.7. The molecule has 0 aromatic heterocycles. The zero-order chi connectivity index (χ0) is 15.7. The Labute approximate surface area is 126 Å². The highest BCUT2D eigenvalue weighted by molar-refractivity contribution is 5.69. The van der Waals surface area contributed by atoms with Gasteiger partial charge in [0.05, 0.1) is 6.10 Å². The quantitative estimate of drug-likeness (QED) is 0.395. The molecule has 122 valence electrons. The number of carbonyl (C=O) groups excluding carboxylic acids is 1. The first-order valence-electron chi connectivity index (χ1n) is 7.96. The second-order valence-corrected chi connectivity index (χ2v) is 5.70. The molecule has 21 heavy (non-hydrogen) atoms. The van der Waals surface area contributed by atoms with E-state index in [2.05, 4.69) is 6.92 Å². The first-order chi connectivity index (χ1) is 10.0. The highest BCUT2D eigenvalue weighted by Crippen LogP contribution is 2.18. The van der Waals surface area contributed by atoms with E-state index in [1.807, 2.05) is 0 Å². The molecule has 1 rings (SSSR count). The second kappa shape index (κ2) is 9.92. The lowest BCUT2D eigenvalue weighted by atomic mass is 9.99. The number of ether oxygens (including phenoxy) is 1. The van der Waals surface area contributed by atoms with Crippen LogP contribution in [0.2, 0.25) is 0 Å². The van der Waals surface area contributed by atoms with E-state index < -0.39 is 30.4 Å². The Hall–Kier alpha value is -0.910. The van der Waals surface area contributed by atoms with Gasteiger partial charge in [0.25, 0.3) is 0 Å². The summed E-state index contributed by atoms with van der Waals surface area (Å²) in [4.78, 5) is 11.7. The van der Waals surface area contributed by atoms with E-state index in [1.54, 1.807) is 0 Å². The molecule has 0 saturated carbocycles. The van der Waals surface area contributed by atoms with E-state index >= 15 is 0 Å². The predicted octanol–water partition coefficient (Wildman–Crippen LogP) is 1.69. The van der Waals surface area contributed by atoms with Crippen LogP contribution in [-0.2, 0) is 9.53 Å². The molecule has 1 aliphatic heterocycles. The van der Waals surface area contributed by atoms with Crippen LogP contribution in [-0.4, -0.2) is 45.7 Å². The number of aliphatic hydroxyl groups excluding tert-OH is 3. The van der Waals surface area contributed by atoms with Crippen LogP contribution >= 0.6 is 0 Å². The molecular weight excluding hydrogens is 272 g/mol.